The molecule has 0 aromatic heterocycles. The van der Waals surface area contributed by atoms with Gasteiger partial charge in [0.1, 0.15) is 12.2 Å². The van der Waals surface area contributed by atoms with E-state index in [2.05, 4.69) is 0 Å². The molecule has 0 unspecified atom stereocenters. The highest BCUT2D eigenvalue weighted by atomic mass is 35.5. The van der Waals surface area contributed by atoms with Crippen LogP contribution in [0.3, 0.4) is 0 Å². The van der Waals surface area contributed by atoms with Crippen molar-refractivity contribution in [3.8, 4) is 0 Å². The first-order chi connectivity index (χ1) is 9.65. The van der Waals surface area contributed by atoms with E-state index in [1.165, 1.54) is 0 Å². The maximum absolute atomic E-state index is 5.92. The maximum atomic E-state index is 5.92. The van der Waals surface area contributed by atoms with Crippen LogP contribution in [0.1, 0.15) is 23.3 Å². The molecule has 0 aliphatic carbocycles. The van der Waals surface area contributed by atoms with Crippen LogP contribution in [-0.2, 0) is 9.47 Å². The number of halogens is 2. The Kier molecular flexibility index (Phi) is 5.44. The van der Waals surface area contributed by atoms with Crippen molar-refractivity contribution in [2.45, 2.75) is 12.2 Å². The van der Waals surface area contributed by atoms with Gasteiger partial charge < -0.3 is 9.47 Å². The van der Waals surface area contributed by atoms with E-state index in [1.807, 2.05) is 48.5 Å². The zero-order valence-electron chi connectivity index (χ0n) is 11.3. The summed E-state index contributed by atoms with van der Waals surface area (Å²) in [5.74, 6) is 0. The Bertz CT molecular complexity index is 486. The summed E-state index contributed by atoms with van der Waals surface area (Å²) >= 11 is 11.8. The van der Waals surface area contributed by atoms with E-state index in [4.69, 9.17) is 32.7 Å². The third-order valence-corrected chi connectivity index (χ3v) is 3.68. The van der Waals surface area contributed by atoms with Crippen LogP contribution in [-0.4, -0.2) is 14.2 Å². The highest BCUT2D eigenvalue weighted by Crippen LogP contribution is 2.35. The summed E-state index contributed by atoms with van der Waals surface area (Å²) in [6.45, 7) is 0. The minimum absolute atomic E-state index is 0.210. The third-order valence-electron chi connectivity index (χ3n) is 3.18. The predicted octanol–water partition coefficient (Wildman–Crippen LogP) is 5.07. The van der Waals surface area contributed by atoms with Gasteiger partial charge in [-0.05, 0) is 35.4 Å². The molecular formula is C16H16Cl2O2. The van der Waals surface area contributed by atoms with Gasteiger partial charge in [0.05, 0.1) is 0 Å². The van der Waals surface area contributed by atoms with Crippen molar-refractivity contribution in [1.82, 2.24) is 0 Å². The molecule has 0 aliphatic heterocycles. The molecule has 0 saturated carbocycles. The predicted molar refractivity (Wildman–Crippen MR) is 82.4 cm³/mol. The van der Waals surface area contributed by atoms with Crippen LogP contribution in [0, 0.1) is 0 Å². The van der Waals surface area contributed by atoms with E-state index >= 15 is 0 Å². The first-order valence-electron chi connectivity index (χ1n) is 6.22. The summed E-state index contributed by atoms with van der Waals surface area (Å²) in [5.41, 5.74) is 2.03. The Morgan fingerprint density at radius 3 is 1.20 bits per heavy atom. The van der Waals surface area contributed by atoms with Gasteiger partial charge in [-0.25, -0.2) is 0 Å². The minimum atomic E-state index is -0.210. The minimum Gasteiger partial charge on any atom is -0.374 e. The fraction of sp³-hybridized carbons (Fsp3) is 0.250. The molecule has 2 aromatic rings. The lowest BCUT2D eigenvalue weighted by Crippen LogP contribution is -2.15. The summed E-state index contributed by atoms with van der Waals surface area (Å²) in [6, 6.07) is 15.2. The van der Waals surface area contributed by atoms with Gasteiger partial charge in [-0.15, -0.1) is 0 Å². The second kappa shape index (κ2) is 7.09. The molecule has 0 radical (unpaired) electrons. The monoisotopic (exact) mass is 310 g/mol. The SMILES string of the molecule is CO[C@H](c1ccc(Cl)cc1)[C@H](OC)c1ccc(Cl)cc1. The molecule has 20 heavy (non-hydrogen) atoms. The average Bonchev–Trinajstić information content (AvgIpc) is 2.47. The molecule has 0 fully saturated rings. The summed E-state index contributed by atoms with van der Waals surface area (Å²) < 4.78 is 11.2. The van der Waals surface area contributed by atoms with Crippen LogP contribution in [0.25, 0.3) is 0 Å². The van der Waals surface area contributed by atoms with Crippen molar-refractivity contribution in [1.29, 1.82) is 0 Å². The van der Waals surface area contributed by atoms with Crippen molar-refractivity contribution in [3.63, 3.8) is 0 Å². The van der Waals surface area contributed by atoms with E-state index < -0.39 is 0 Å². The number of methoxy groups -OCH3 is 2. The van der Waals surface area contributed by atoms with Crippen LogP contribution in [0.4, 0.5) is 0 Å². The Balaban J connectivity index is 2.32. The standard InChI is InChI=1S/C16H16Cl2O2/c1-19-15(11-3-7-13(17)8-4-11)16(20-2)12-5-9-14(18)10-6-12/h3-10,15-16H,1-2H3/t15-,16-/m1/s1. The largest absolute Gasteiger partial charge is 0.374 e. The summed E-state index contributed by atoms with van der Waals surface area (Å²) in [4.78, 5) is 0. The van der Waals surface area contributed by atoms with Gasteiger partial charge >= 0.3 is 0 Å². The molecule has 2 rings (SSSR count). The Labute approximate surface area is 129 Å². The lowest BCUT2D eigenvalue weighted by molar-refractivity contribution is -0.0397. The van der Waals surface area contributed by atoms with Gasteiger partial charge in [0.2, 0.25) is 0 Å². The van der Waals surface area contributed by atoms with E-state index in [0.717, 1.165) is 11.1 Å². The van der Waals surface area contributed by atoms with E-state index in [1.54, 1.807) is 14.2 Å². The van der Waals surface area contributed by atoms with Crippen LogP contribution in [0.15, 0.2) is 48.5 Å². The average molecular weight is 311 g/mol. The van der Waals surface area contributed by atoms with Crippen molar-refractivity contribution in [2.75, 3.05) is 14.2 Å². The summed E-state index contributed by atoms with van der Waals surface area (Å²) in [6.07, 6.45) is -0.420. The zero-order valence-corrected chi connectivity index (χ0v) is 12.9. The smallest absolute Gasteiger partial charge is 0.112 e. The number of benzene rings is 2. The topological polar surface area (TPSA) is 18.5 Å². The van der Waals surface area contributed by atoms with Gasteiger partial charge in [0.25, 0.3) is 0 Å². The maximum Gasteiger partial charge on any atom is 0.112 e. The van der Waals surface area contributed by atoms with Crippen LogP contribution in [0.5, 0.6) is 0 Å². The van der Waals surface area contributed by atoms with Crippen LogP contribution >= 0.6 is 23.2 Å². The number of hydrogen-bond acceptors (Lipinski definition) is 2. The second-order valence-corrected chi connectivity index (χ2v) is 5.29. The normalized spacial score (nSPS) is 14.0. The second-order valence-electron chi connectivity index (χ2n) is 4.42. The molecule has 0 saturated heterocycles. The number of rotatable bonds is 5. The van der Waals surface area contributed by atoms with Gasteiger partial charge in [0, 0.05) is 24.3 Å². The quantitative estimate of drug-likeness (QED) is 0.767. The fourth-order valence-corrected chi connectivity index (χ4v) is 2.43. The molecule has 2 atom stereocenters. The highest BCUT2D eigenvalue weighted by molar-refractivity contribution is 6.30. The number of ether oxygens (including phenoxy) is 2. The Morgan fingerprint density at radius 1 is 0.650 bits per heavy atom. The molecule has 106 valence electrons. The lowest BCUT2D eigenvalue weighted by Gasteiger charge is -2.25. The van der Waals surface area contributed by atoms with Gasteiger partial charge in [-0.3, -0.25) is 0 Å². The number of hydrogen-bond donors (Lipinski definition) is 0. The molecule has 2 aromatic carbocycles. The van der Waals surface area contributed by atoms with Gasteiger partial charge in [-0.1, -0.05) is 47.5 Å². The molecule has 0 bridgehead atoms. The molecule has 0 heterocycles. The van der Waals surface area contributed by atoms with Crippen molar-refractivity contribution in [2.24, 2.45) is 0 Å². The lowest BCUT2D eigenvalue weighted by atomic mass is 9.98. The zero-order chi connectivity index (χ0) is 14.5. The van der Waals surface area contributed by atoms with E-state index in [0.29, 0.717) is 10.0 Å². The summed E-state index contributed by atoms with van der Waals surface area (Å²) in [7, 11) is 3.34. The van der Waals surface area contributed by atoms with E-state index in [9.17, 15) is 0 Å². The molecule has 0 aliphatic rings. The first kappa shape index (κ1) is 15.3. The molecule has 0 spiro atoms. The Hall–Kier alpha value is -1.06. The Morgan fingerprint density at radius 2 is 0.950 bits per heavy atom. The fourth-order valence-electron chi connectivity index (χ4n) is 2.17. The molecule has 4 heteroatoms. The van der Waals surface area contributed by atoms with Crippen LogP contribution < -0.4 is 0 Å². The van der Waals surface area contributed by atoms with Gasteiger partial charge in [0.15, 0.2) is 0 Å². The van der Waals surface area contributed by atoms with Crippen molar-refractivity contribution < 1.29 is 9.47 Å². The highest BCUT2D eigenvalue weighted by Gasteiger charge is 2.24. The first-order valence-corrected chi connectivity index (χ1v) is 6.98. The molecular weight excluding hydrogens is 295 g/mol. The third kappa shape index (κ3) is 3.53. The molecule has 0 amide bonds. The molecule has 2 nitrogen and oxygen atoms in total. The van der Waals surface area contributed by atoms with Gasteiger partial charge in [-0.2, -0.15) is 0 Å². The summed E-state index contributed by atoms with van der Waals surface area (Å²) in [5, 5.41) is 1.40. The van der Waals surface area contributed by atoms with Crippen molar-refractivity contribution >= 4 is 23.2 Å². The van der Waals surface area contributed by atoms with E-state index in [-0.39, 0.29) is 12.2 Å². The van der Waals surface area contributed by atoms with Crippen LogP contribution in [0.2, 0.25) is 10.0 Å². The molecule has 0 N–H and O–H groups in total. The van der Waals surface area contributed by atoms with Crippen molar-refractivity contribution in [3.05, 3.63) is 69.7 Å².